The Bertz CT molecular complexity index is 844. The van der Waals surface area contributed by atoms with E-state index in [0.29, 0.717) is 49.9 Å². The average Bonchev–Trinajstić information content (AvgIpc) is 3.10. The first-order valence-electron chi connectivity index (χ1n) is 8.57. The molecule has 8 nitrogen and oxygen atoms in total. The van der Waals surface area contributed by atoms with Gasteiger partial charge >= 0.3 is 5.69 Å². The number of rotatable bonds is 5. The van der Waals surface area contributed by atoms with Crippen LogP contribution in [0.5, 0.6) is 0 Å². The van der Waals surface area contributed by atoms with Gasteiger partial charge in [-0.3, -0.25) is 24.5 Å². The Labute approximate surface area is 160 Å². The second-order valence-electron chi connectivity index (χ2n) is 6.24. The molecule has 0 N–H and O–H groups in total. The van der Waals surface area contributed by atoms with E-state index in [4.69, 9.17) is 11.6 Å². The Hall–Kier alpha value is -2.52. The van der Waals surface area contributed by atoms with Crippen LogP contribution in [0.2, 0.25) is 5.02 Å². The van der Waals surface area contributed by atoms with Gasteiger partial charge in [-0.25, -0.2) is 4.39 Å². The number of carbonyl (C=O) groups is 1. The number of hydrogen-bond acceptors (Lipinski definition) is 5. The molecule has 0 atom stereocenters. The maximum Gasteiger partial charge on any atom is 0.320 e. The smallest absolute Gasteiger partial charge is 0.320 e. The molecule has 0 radical (unpaired) electrons. The number of amides is 1. The molecular weight excluding hydrogens is 377 g/mol. The van der Waals surface area contributed by atoms with E-state index in [0.717, 1.165) is 0 Å². The van der Waals surface area contributed by atoms with E-state index >= 15 is 0 Å². The minimum atomic E-state index is -0.594. The van der Waals surface area contributed by atoms with Gasteiger partial charge in [0.25, 0.3) is 5.91 Å². The van der Waals surface area contributed by atoms with E-state index in [2.05, 4.69) is 5.10 Å². The zero-order chi connectivity index (χ0) is 19.6. The molecule has 0 spiro atoms. The van der Waals surface area contributed by atoms with Crippen molar-refractivity contribution >= 4 is 23.2 Å². The fourth-order valence-electron chi connectivity index (χ4n) is 3.02. The summed E-state index contributed by atoms with van der Waals surface area (Å²) >= 11 is 6.07. The Balaban J connectivity index is 1.66. The fraction of sp³-hybridized carbons (Fsp3) is 0.412. The van der Waals surface area contributed by atoms with E-state index in [-0.39, 0.29) is 17.2 Å². The lowest BCUT2D eigenvalue weighted by Crippen LogP contribution is -2.48. The van der Waals surface area contributed by atoms with Crippen LogP contribution < -0.4 is 0 Å². The van der Waals surface area contributed by atoms with Crippen molar-refractivity contribution in [2.75, 3.05) is 26.2 Å². The zero-order valence-corrected chi connectivity index (χ0v) is 15.5. The van der Waals surface area contributed by atoms with E-state index in [1.54, 1.807) is 19.1 Å². The maximum atomic E-state index is 13.9. The molecule has 2 heterocycles. The van der Waals surface area contributed by atoms with E-state index < -0.39 is 10.8 Å². The molecule has 1 aliphatic rings. The Morgan fingerprint density at radius 2 is 2.04 bits per heavy atom. The SMILES string of the molecule is CCn1cc([N+](=O)[O-])c(C(=O)N2CCN(Cc3c(F)cccc3Cl)CC2)n1. The van der Waals surface area contributed by atoms with Crippen LogP contribution in [0.25, 0.3) is 0 Å². The van der Waals surface area contributed by atoms with Gasteiger partial charge in [0, 0.05) is 49.9 Å². The van der Waals surface area contributed by atoms with Gasteiger partial charge in [-0.1, -0.05) is 17.7 Å². The highest BCUT2D eigenvalue weighted by molar-refractivity contribution is 6.31. The number of aromatic nitrogens is 2. The van der Waals surface area contributed by atoms with Crippen molar-refractivity contribution in [3.05, 3.63) is 56.6 Å². The van der Waals surface area contributed by atoms with Gasteiger partial charge in [0.05, 0.1) is 4.92 Å². The van der Waals surface area contributed by atoms with Crippen molar-refractivity contribution < 1.29 is 14.1 Å². The highest BCUT2D eigenvalue weighted by atomic mass is 35.5. The summed E-state index contributed by atoms with van der Waals surface area (Å²) in [5, 5.41) is 15.6. The summed E-state index contributed by atoms with van der Waals surface area (Å²) < 4.78 is 15.3. The van der Waals surface area contributed by atoms with E-state index in [9.17, 15) is 19.3 Å². The molecule has 0 bridgehead atoms. The van der Waals surface area contributed by atoms with Gasteiger partial charge in [-0.15, -0.1) is 0 Å². The number of aryl methyl sites for hydroxylation is 1. The Morgan fingerprint density at radius 3 is 2.63 bits per heavy atom. The first kappa shape index (κ1) is 19.2. The quantitative estimate of drug-likeness (QED) is 0.573. The minimum absolute atomic E-state index is 0.146. The lowest BCUT2D eigenvalue weighted by molar-refractivity contribution is -0.385. The topological polar surface area (TPSA) is 84.5 Å². The first-order chi connectivity index (χ1) is 12.9. The lowest BCUT2D eigenvalue weighted by Gasteiger charge is -2.34. The van der Waals surface area contributed by atoms with Gasteiger partial charge in [-0.05, 0) is 19.1 Å². The third-order valence-corrected chi connectivity index (χ3v) is 4.92. The number of benzene rings is 1. The van der Waals surface area contributed by atoms with Gasteiger partial charge < -0.3 is 4.90 Å². The number of halogens is 2. The summed E-state index contributed by atoms with van der Waals surface area (Å²) in [6.07, 6.45) is 1.27. The van der Waals surface area contributed by atoms with Crippen LogP contribution in [0.3, 0.4) is 0 Å². The number of hydrogen-bond donors (Lipinski definition) is 0. The van der Waals surface area contributed by atoms with Crippen LogP contribution in [0.15, 0.2) is 24.4 Å². The summed E-state index contributed by atoms with van der Waals surface area (Å²) in [5.74, 6) is -0.820. The fourth-order valence-corrected chi connectivity index (χ4v) is 3.25. The van der Waals surface area contributed by atoms with E-state index in [1.807, 2.05) is 4.90 Å². The first-order valence-corrected chi connectivity index (χ1v) is 8.94. The number of piperazine rings is 1. The molecule has 1 aliphatic heterocycles. The Morgan fingerprint density at radius 1 is 1.33 bits per heavy atom. The molecule has 1 fully saturated rings. The van der Waals surface area contributed by atoms with Crippen molar-refractivity contribution in [1.82, 2.24) is 19.6 Å². The van der Waals surface area contributed by atoms with Crippen LogP contribution in [0, 0.1) is 15.9 Å². The lowest BCUT2D eigenvalue weighted by atomic mass is 10.1. The summed E-state index contributed by atoms with van der Waals surface area (Å²) in [5.41, 5.74) is -0.00821. The third-order valence-electron chi connectivity index (χ3n) is 4.57. The van der Waals surface area contributed by atoms with Crippen molar-refractivity contribution in [3.8, 4) is 0 Å². The van der Waals surface area contributed by atoms with E-state index in [1.165, 1.54) is 21.8 Å². The van der Waals surface area contributed by atoms with Crippen LogP contribution in [-0.2, 0) is 13.1 Å². The minimum Gasteiger partial charge on any atom is -0.334 e. The van der Waals surface area contributed by atoms with Crippen molar-refractivity contribution in [3.63, 3.8) is 0 Å². The van der Waals surface area contributed by atoms with Crippen molar-refractivity contribution in [1.29, 1.82) is 0 Å². The molecule has 1 aromatic carbocycles. The molecule has 1 saturated heterocycles. The Kier molecular flexibility index (Phi) is 5.71. The second kappa shape index (κ2) is 8.01. The second-order valence-corrected chi connectivity index (χ2v) is 6.65. The zero-order valence-electron chi connectivity index (χ0n) is 14.8. The molecule has 10 heteroatoms. The molecule has 0 saturated carbocycles. The highest BCUT2D eigenvalue weighted by Crippen LogP contribution is 2.23. The van der Waals surface area contributed by atoms with Crippen LogP contribution >= 0.6 is 11.6 Å². The largest absolute Gasteiger partial charge is 0.334 e. The number of nitro groups is 1. The molecule has 144 valence electrons. The predicted molar refractivity (Wildman–Crippen MR) is 97.1 cm³/mol. The monoisotopic (exact) mass is 395 g/mol. The van der Waals surface area contributed by atoms with Crippen molar-refractivity contribution in [2.24, 2.45) is 0 Å². The molecule has 0 unspecified atom stereocenters. The predicted octanol–water partition coefficient (Wildman–Crippen LogP) is 2.56. The average molecular weight is 396 g/mol. The molecular formula is C17H19ClFN5O3. The maximum absolute atomic E-state index is 13.9. The summed E-state index contributed by atoms with van der Waals surface area (Å²) in [7, 11) is 0. The van der Waals surface area contributed by atoms with Gasteiger partial charge in [0.2, 0.25) is 5.69 Å². The van der Waals surface area contributed by atoms with Crippen LogP contribution in [0.1, 0.15) is 23.0 Å². The number of carbonyl (C=O) groups excluding carboxylic acids is 1. The molecule has 27 heavy (non-hydrogen) atoms. The number of nitrogens with zero attached hydrogens (tertiary/aromatic N) is 5. The summed E-state index contributed by atoms with van der Waals surface area (Å²) in [6.45, 7) is 4.35. The third kappa shape index (κ3) is 4.09. The highest BCUT2D eigenvalue weighted by Gasteiger charge is 2.31. The molecule has 0 aliphatic carbocycles. The summed E-state index contributed by atoms with van der Waals surface area (Å²) in [6, 6.07) is 4.56. The van der Waals surface area contributed by atoms with Crippen molar-refractivity contribution in [2.45, 2.75) is 20.0 Å². The molecule has 2 aromatic rings. The van der Waals surface area contributed by atoms with Crippen LogP contribution in [-0.4, -0.2) is 56.6 Å². The van der Waals surface area contributed by atoms with Crippen LogP contribution in [0.4, 0.5) is 10.1 Å². The van der Waals surface area contributed by atoms with Gasteiger partial charge in [0.15, 0.2) is 0 Å². The standard InChI is InChI=1S/C17H19ClFN5O3/c1-2-23-11-15(24(26)27)16(20-23)17(25)22-8-6-21(7-9-22)10-12-13(18)4-3-5-14(12)19/h3-5,11H,2,6-10H2,1H3. The molecule has 1 amide bonds. The normalized spacial score (nSPS) is 15.1. The van der Waals surface area contributed by atoms with Gasteiger partial charge in [-0.2, -0.15) is 5.10 Å². The molecule has 1 aromatic heterocycles. The van der Waals surface area contributed by atoms with Gasteiger partial charge in [0.1, 0.15) is 12.0 Å². The molecule has 3 rings (SSSR count). The summed E-state index contributed by atoms with van der Waals surface area (Å²) in [4.78, 5) is 26.8.